The van der Waals surface area contributed by atoms with Crippen molar-refractivity contribution in [3.8, 4) is 11.1 Å². The van der Waals surface area contributed by atoms with E-state index in [1.54, 1.807) is 24.3 Å². The van der Waals surface area contributed by atoms with Crippen LogP contribution in [0.15, 0.2) is 48.5 Å². The molecular weight excluding hydrogens is 275 g/mol. The molecular formula is C17H18F3N. The van der Waals surface area contributed by atoms with E-state index in [4.69, 9.17) is 0 Å². The van der Waals surface area contributed by atoms with Crippen LogP contribution in [0.1, 0.15) is 25.0 Å². The molecule has 0 radical (unpaired) electrons. The quantitative estimate of drug-likeness (QED) is 0.848. The molecule has 1 N–H and O–H groups in total. The number of halogens is 3. The van der Waals surface area contributed by atoms with Crippen LogP contribution in [-0.2, 0) is 12.7 Å². The molecule has 0 aromatic heterocycles. The van der Waals surface area contributed by atoms with E-state index in [1.807, 2.05) is 19.9 Å². The van der Waals surface area contributed by atoms with Crippen LogP contribution >= 0.6 is 0 Å². The molecule has 0 unspecified atom stereocenters. The van der Waals surface area contributed by atoms with E-state index in [-0.39, 0.29) is 5.56 Å². The van der Waals surface area contributed by atoms with Gasteiger partial charge in [-0.2, -0.15) is 13.2 Å². The van der Waals surface area contributed by atoms with Gasteiger partial charge in [0.15, 0.2) is 0 Å². The van der Waals surface area contributed by atoms with Gasteiger partial charge >= 0.3 is 6.18 Å². The molecule has 0 amide bonds. The summed E-state index contributed by atoms with van der Waals surface area (Å²) in [5.41, 5.74) is 1.18. The van der Waals surface area contributed by atoms with Crippen molar-refractivity contribution in [1.29, 1.82) is 0 Å². The van der Waals surface area contributed by atoms with E-state index in [9.17, 15) is 13.2 Å². The molecule has 0 heterocycles. The van der Waals surface area contributed by atoms with Crippen LogP contribution in [-0.4, -0.2) is 6.04 Å². The maximum Gasteiger partial charge on any atom is 0.417 e. The lowest BCUT2D eigenvalue weighted by Gasteiger charge is -2.14. The number of hydrogen-bond donors (Lipinski definition) is 1. The Bertz CT molecular complexity index is 603. The Kier molecular flexibility index (Phi) is 4.68. The average molecular weight is 293 g/mol. The highest BCUT2D eigenvalue weighted by Crippen LogP contribution is 2.36. The van der Waals surface area contributed by atoms with Gasteiger partial charge in [0.1, 0.15) is 0 Å². The third-order valence-electron chi connectivity index (χ3n) is 3.18. The van der Waals surface area contributed by atoms with Gasteiger partial charge in [0.25, 0.3) is 0 Å². The first-order chi connectivity index (χ1) is 9.88. The van der Waals surface area contributed by atoms with Crippen molar-refractivity contribution >= 4 is 0 Å². The van der Waals surface area contributed by atoms with Crippen molar-refractivity contribution in [1.82, 2.24) is 5.32 Å². The van der Waals surface area contributed by atoms with Gasteiger partial charge in [-0.15, -0.1) is 0 Å². The SMILES string of the molecule is CC(C)NCc1cccc(-c2ccccc2C(F)(F)F)c1. The summed E-state index contributed by atoms with van der Waals surface area (Å²) in [5.74, 6) is 0. The molecule has 2 rings (SSSR count). The molecule has 21 heavy (non-hydrogen) atoms. The first kappa shape index (κ1) is 15.6. The van der Waals surface area contributed by atoms with Crippen molar-refractivity contribution in [3.05, 3.63) is 59.7 Å². The Balaban J connectivity index is 2.37. The molecule has 0 aliphatic carbocycles. The number of alkyl halides is 3. The van der Waals surface area contributed by atoms with Crippen molar-refractivity contribution < 1.29 is 13.2 Å². The van der Waals surface area contributed by atoms with Crippen LogP contribution < -0.4 is 5.32 Å². The summed E-state index contributed by atoms with van der Waals surface area (Å²) in [5, 5.41) is 3.26. The van der Waals surface area contributed by atoms with Crippen LogP contribution in [0.5, 0.6) is 0 Å². The Morgan fingerprint density at radius 2 is 1.71 bits per heavy atom. The fourth-order valence-electron chi connectivity index (χ4n) is 2.15. The number of hydrogen-bond acceptors (Lipinski definition) is 1. The number of nitrogens with one attached hydrogen (secondary N) is 1. The second-order valence-corrected chi connectivity index (χ2v) is 5.28. The summed E-state index contributed by atoms with van der Waals surface area (Å²) in [7, 11) is 0. The normalized spacial score (nSPS) is 11.9. The average Bonchev–Trinajstić information content (AvgIpc) is 2.44. The lowest BCUT2D eigenvalue weighted by molar-refractivity contribution is -0.137. The highest BCUT2D eigenvalue weighted by Gasteiger charge is 2.33. The molecule has 0 saturated carbocycles. The van der Waals surface area contributed by atoms with Gasteiger partial charge in [0.2, 0.25) is 0 Å². The summed E-state index contributed by atoms with van der Waals surface area (Å²) >= 11 is 0. The number of rotatable bonds is 4. The van der Waals surface area contributed by atoms with Gasteiger partial charge < -0.3 is 5.32 Å². The molecule has 0 bridgehead atoms. The maximum absolute atomic E-state index is 13.1. The minimum absolute atomic E-state index is 0.219. The van der Waals surface area contributed by atoms with E-state index in [0.717, 1.165) is 11.6 Å². The van der Waals surface area contributed by atoms with Crippen LogP contribution in [0.25, 0.3) is 11.1 Å². The first-order valence-electron chi connectivity index (χ1n) is 6.87. The third kappa shape index (κ3) is 4.08. The first-order valence-corrected chi connectivity index (χ1v) is 6.87. The summed E-state index contributed by atoms with van der Waals surface area (Å²) in [6, 6.07) is 13.2. The van der Waals surface area contributed by atoms with Crippen molar-refractivity contribution in [2.45, 2.75) is 32.6 Å². The Hall–Kier alpha value is -1.81. The molecule has 1 nitrogen and oxygen atoms in total. The van der Waals surface area contributed by atoms with Gasteiger partial charge in [-0.25, -0.2) is 0 Å². The molecule has 0 spiro atoms. The van der Waals surface area contributed by atoms with E-state index < -0.39 is 11.7 Å². The second-order valence-electron chi connectivity index (χ2n) is 5.28. The highest BCUT2D eigenvalue weighted by molar-refractivity contribution is 5.68. The summed E-state index contributed by atoms with van der Waals surface area (Å²) in [6.07, 6.45) is -4.34. The van der Waals surface area contributed by atoms with Crippen molar-refractivity contribution in [3.63, 3.8) is 0 Å². The predicted molar refractivity (Wildman–Crippen MR) is 78.9 cm³/mol. The fourth-order valence-corrected chi connectivity index (χ4v) is 2.15. The fraction of sp³-hybridized carbons (Fsp3) is 0.294. The third-order valence-corrected chi connectivity index (χ3v) is 3.18. The Morgan fingerprint density at radius 3 is 2.38 bits per heavy atom. The van der Waals surface area contributed by atoms with E-state index >= 15 is 0 Å². The molecule has 2 aromatic rings. The second kappa shape index (κ2) is 6.31. The zero-order valence-corrected chi connectivity index (χ0v) is 12.0. The smallest absolute Gasteiger partial charge is 0.310 e. The number of benzene rings is 2. The van der Waals surface area contributed by atoms with Crippen LogP contribution in [0.4, 0.5) is 13.2 Å². The Labute approximate surface area is 122 Å². The minimum atomic E-state index is -4.34. The van der Waals surface area contributed by atoms with E-state index in [0.29, 0.717) is 18.2 Å². The standard InChI is InChI=1S/C17H18F3N/c1-12(2)21-11-13-6-5-7-14(10-13)15-8-3-4-9-16(15)17(18,19)20/h3-10,12,21H,11H2,1-2H3. The molecule has 0 atom stereocenters. The lowest BCUT2D eigenvalue weighted by atomic mass is 9.98. The van der Waals surface area contributed by atoms with Gasteiger partial charge in [-0.05, 0) is 28.8 Å². The monoisotopic (exact) mass is 293 g/mol. The van der Waals surface area contributed by atoms with E-state index in [1.165, 1.54) is 12.1 Å². The summed E-state index contributed by atoms with van der Waals surface area (Å²) in [6.45, 7) is 4.70. The largest absolute Gasteiger partial charge is 0.417 e. The van der Waals surface area contributed by atoms with Gasteiger partial charge in [0, 0.05) is 12.6 Å². The maximum atomic E-state index is 13.1. The molecule has 2 aromatic carbocycles. The highest BCUT2D eigenvalue weighted by atomic mass is 19.4. The summed E-state index contributed by atoms with van der Waals surface area (Å²) in [4.78, 5) is 0. The lowest BCUT2D eigenvalue weighted by Crippen LogP contribution is -2.21. The van der Waals surface area contributed by atoms with Gasteiger partial charge in [-0.3, -0.25) is 0 Å². The molecule has 4 heteroatoms. The van der Waals surface area contributed by atoms with Crippen molar-refractivity contribution in [2.75, 3.05) is 0 Å². The zero-order chi connectivity index (χ0) is 15.5. The van der Waals surface area contributed by atoms with Crippen LogP contribution in [0.2, 0.25) is 0 Å². The van der Waals surface area contributed by atoms with Gasteiger partial charge in [-0.1, -0.05) is 50.2 Å². The molecule has 0 fully saturated rings. The molecule has 112 valence electrons. The topological polar surface area (TPSA) is 12.0 Å². The molecule has 0 saturated heterocycles. The Morgan fingerprint density at radius 1 is 1.00 bits per heavy atom. The van der Waals surface area contributed by atoms with Crippen LogP contribution in [0.3, 0.4) is 0 Å². The zero-order valence-electron chi connectivity index (χ0n) is 12.0. The van der Waals surface area contributed by atoms with E-state index in [2.05, 4.69) is 5.32 Å². The molecule has 0 aliphatic heterocycles. The van der Waals surface area contributed by atoms with Crippen LogP contribution in [0, 0.1) is 0 Å². The predicted octanol–water partition coefficient (Wildman–Crippen LogP) is 4.87. The minimum Gasteiger partial charge on any atom is -0.310 e. The molecule has 0 aliphatic rings. The van der Waals surface area contributed by atoms with Gasteiger partial charge in [0.05, 0.1) is 5.56 Å². The van der Waals surface area contributed by atoms with Crippen molar-refractivity contribution in [2.24, 2.45) is 0 Å². The summed E-state index contributed by atoms with van der Waals surface area (Å²) < 4.78 is 39.2.